The summed E-state index contributed by atoms with van der Waals surface area (Å²) in [5.74, 6) is 0.166. The first-order chi connectivity index (χ1) is 13.0. The van der Waals surface area contributed by atoms with E-state index in [2.05, 4.69) is 26.0 Å². The summed E-state index contributed by atoms with van der Waals surface area (Å²) in [6.07, 6.45) is 1.80. The van der Waals surface area contributed by atoms with Crippen LogP contribution in [-0.2, 0) is 20.7 Å². The molecule has 0 saturated carbocycles. The monoisotopic (exact) mass is 411 g/mol. The van der Waals surface area contributed by atoms with E-state index in [4.69, 9.17) is 19.9 Å². The molecule has 0 spiro atoms. The Morgan fingerprint density at radius 2 is 1.68 bits per heavy atom. The minimum absolute atomic E-state index is 0.0643. The molecule has 0 aliphatic carbocycles. The quantitative estimate of drug-likeness (QED) is 0.238. The van der Waals surface area contributed by atoms with E-state index >= 15 is 0 Å². The van der Waals surface area contributed by atoms with Crippen molar-refractivity contribution < 1.29 is 23.8 Å². The van der Waals surface area contributed by atoms with Crippen LogP contribution in [0.3, 0.4) is 0 Å². The summed E-state index contributed by atoms with van der Waals surface area (Å²) in [4.78, 5) is 22.5. The van der Waals surface area contributed by atoms with E-state index < -0.39 is 14.3 Å². The molecule has 0 aromatic heterocycles. The Bertz CT molecular complexity index is 617. The predicted molar refractivity (Wildman–Crippen MR) is 114 cm³/mol. The standard InChI is InChI=1S/C21H37NO5Si/c1-16-13-18(7-8-21(3,4)28(5,6)24)14-17(2)20(16)27-19(23)15-26-12-11-25-10-9-22/h13-14,24H,7-12,15,22H2,1-6H3. The van der Waals surface area contributed by atoms with Gasteiger partial charge in [0.15, 0.2) is 8.32 Å². The van der Waals surface area contributed by atoms with Crippen molar-refractivity contribution in [1.29, 1.82) is 0 Å². The fourth-order valence-corrected chi connectivity index (χ4v) is 3.45. The minimum Gasteiger partial charge on any atom is -0.432 e. The highest BCUT2D eigenvalue weighted by atomic mass is 28.4. The maximum Gasteiger partial charge on any atom is 0.337 e. The van der Waals surface area contributed by atoms with Crippen LogP contribution in [0.2, 0.25) is 18.1 Å². The molecule has 0 saturated heterocycles. The molecule has 28 heavy (non-hydrogen) atoms. The summed E-state index contributed by atoms with van der Waals surface area (Å²) >= 11 is 0. The Balaban J connectivity index is 2.60. The van der Waals surface area contributed by atoms with Crippen molar-refractivity contribution >= 4 is 14.3 Å². The average molecular weight is 412 g/mol. The predicted octanol–water partition coefficient (Wildman–Crippen LogP) is 3.11. The lowest BCUT2D eigenvalue weighted by Crippen LogP contribution is -2.39. The van der Waals surface area contributed by atoms with E-state index in [1.54, 1.807) is 0 Å². The van der Waals surface area contributed by atoms with Crippen molar-refractivity contribution in [3.63, 3.8) is 0 Å². The maximum atomic E-state index is 12.0. The van der Waals surface area contributed by atoms with Gasteiger partial charge in [-0.25, -0.2) is 4.79 Å². The first-order valence-electron chi connectivity index (χ1n) is 9.86. The molecule has 1 rings (SSSR count). The van der Waals surface area contributed by atoms with Crippen LogP contribution in [0.5, 0.6) is 5.75 Å². The number of aryl methyl sites for hydroxylation is 3. The van der Waals surface area contributed by atoms with Crippen LogP contribution in [0.15, 0.2) is 12.1 Å². The third-order valence-electron chi connectivity index (χ3n) is 5.29. The molecule has 1 aromatic carbocycles. The highest BCUT2D eigenvalue weighted by molar-refractivity contribution is 6.72. The average Bonchev–Trinajstić information content (AvgIpc) is 2.58. The van der Waals surface area contributed by atoms with Crippen LogP contribution in [0.1, 0.15) is 37.0 Å². The van der Waals surface area contributed by atoms with Gasteiger partial charge in [0.2, 0.25) is 0 Å². The number of hydrogen-bond acceptors (Lipinski definition) is 6. The van der Waals surface area contributed by atoms with Crippen molar-refractivity contribution in [3.8, 4) is 5.75 Å². The lowest BCUT2D eigenvalue weighted by Gasteiger charge is -2.35. The normalized spacial score (nSPS) is 12.3. The molecule has 0 aliphatic rings. The van der Waals surface area contributed by atoms with Crippen LogP contribution in [0.25, 0.3) is 0 Å². The Hall–Kier alpha value is -1.25. The second-order valence-corrected chi connectivity index (χ2v) is 12.9. The van der Waals surface area contributed by atoms with Gasteiger partial charge >= 0.3 is 5.97 Å². The molecule has 160 valence electrons. The summed E-state index contributed by atoms with van der Waals surface area (Å²) in [5.41, 5.74) is 8.36. The van der Waals surface area contributed by atoms with Gasteiger partial charge in [-0.2, -0.15) is 0 Å². The fraction of sp³-hybridized carbons (Fsp3) is 0.667. The summed E-state index contributed by atoms with van der Waals surface area (Å²) in [6, 6.07) is 4.11. The van der Waals surface area contributed by atoms with Gasteiger partial charge in [0.05, 0.1) is 19.8 Å². The highest BCUT2D eigenvalue weighted by Gasteiger charge is 2.37. The number of carbonyl (C=O) groups is 1. The highest BCUT2D eigenvalue weighted by Crippen LogP contribution is 2.40. The van der Waals surface area contributed by atoms with Gasteiger partial charge in [0, 0.05) is 6.54 Å². The van der Waals surface area contributed by atoms with Gasteiger partial charge < -0.3 is 24.7 Å². The van der Waals surface area contributed by atoms with Gasteiger partial charge in [-0.3, -0.25) is 0 Å². The van der Waals surface area contributed by atoms with E-state index in [9.17, 15) is 9.59 Å². The van der Waals surface area contributed by atoms with Crippen molar-refractivity contribution in [2.75, 3.05) is 33.0 Å². The molecule has 6 nitrogen and oxygen atoms in total. The van der Waals surface area contributed by atoms with Crippen LogP contribution in [0, 0.1) is 13.8 Å². The molecular weight excluding hydrogens is 374 g/mol. The molecule has 1 aromatic rings. The molecule has 0 heterocycles. The van der Waals surface area contributed by atoms with E-state index in [0.29, 0.717) is 32.1 Å². The number of carbonyl (C=O) groups excluding carboxylic acids is 1. The number of benzene rings is 1. The zero-order valence-corrected chi connectivity index (χ0v) is 19.3. The molecule has 3 N–H and O–H groups in total. The van der Waals surface area contributed by atoms with Crippen molar-refractivity contribution in [2.24, 2.45) is 5.73 Å². The zero-order chi connectivity index (χ0) is 21.4. The molecule has 0 amide bonds. The number of nitrogens with two attached hydrogens (primary N) is 1. The van der Waals surface area contributed by atoms with Gasteiger partial charge in [-0.1, -0.05) is 26.0 Å². The molecule has 0 unspecified atom stereocenters. The van der Waals surface area contributed by atoms with Crippen molar-refractivity contribution in [2.45, 2.75) is 58.7 Å². The smallest absolute Gasteiger partial charge is 0.337 e. The second-order valence-electron chi connectivity index (χ2n) is 8.43. The van der Waals surface area contributed by atoms with Crippen LogP contribution in [-0.4, -0.2) is 52.1 Å². The summed E-state index contributed by atoms with van der Waals surface area (Å²) < 4.78 is 16.0. The van der Waals surface area contributed by atoms with Crippen molar-refractivity contribution in [1.82, 2.24) is 0 Å². The Kier molecular flexibility index (Phi) is 9.80. The molecular formula is C21H37NO5Si. The molecule has 0 aliphatic heterocycles. The number of rotatable bonds is 12. The van der Waals surface area contributed by atoms with E-state index in [-0.39, 0.29) is 11.6 Å². The first kappa shape index (κ1) is 24.8. The fourth-order valence-electron chi connectivity index (χ4n) is 2.71. The third-order valence-corrected chi connectivity index (χ3v) is 8.85. The largest absolute Gasteiger partial charge is 0.432 e. The maximum absolute atomic E-state index is 12.0. The molecule has 0 bridgehead atoms. The SMILES string of the molecule is Cc1cc(CCC(C)(C)[Si](C)(C)O)cc(C)c1OC(=O)COCCOCCN. The molecule has 0 radical (unpaired) electrons. The van der Waals surface area contributed by atoms with Crippen LogP contribution >= 0.6 is 0 Å². The molecule has 0 atom stereocenters. The summed E-state index contributed by atoms with van der Waals surface area (Å²) in [5, 5.41) is -0.0643. The molecule has 7 heteroatoms. The van der Waals surface area contributed by atoms with E-state index in [1.165, 1.54) is 5.56 Å². The summed E-state index contributed by atoms with van der Waals surface area (Å²) in [6.45, 7) is 13.7. The Morgan fingerprint density at radius 3 is 2.21 bits per heavy atom. The lowest BCUT2D eigenvalue weighted by atomic mass is 9.98. The second kappa shape index (κ2) is 11.1. The van der Waals surface area contributed by atoms with Gasteiger partial charge in [-0.05, 0) is 61.5 Å². The Labute approximate surface area is 170 Å². The van der Waals surface area contributed by atoms with Gasteiger partial charge in [-0.15, -0.1) is 0 Å². The van der Waals surface area contributed by atoms with Gasteiger partial charge in [0.25, 0.3) is 0 Å². The number of ether oxygens (including phenoxy) is 3. The van der Waals surface area contributed by atoms with Crippen molar-refractivity contribution in [3.05, 3.63) is 28.8 Å². The van der Waals surface area contributed by atoms with Crippen LogP contribution in [0.4, 0.5) is 0 Å². The van der Waals surface area contributed by atoms with Gasteiger partial charge in [0.1, 0.15) is 12.4 Å². The van der Waals surface area contributed by atoms with E-state index in [1.807, 2.05) is 26.9 Å². The number of esters is 1. The molecule has 0 fully saturated rings. The zero-order valence-electron chi connectivity index (χ0n) is 18.3. The summed E-state index contributed by atoms with van der Waals surface area (Å²) in [7, 11) is -2.22. The Morgan fingerprint density at radius 1 is 1.11 bits per heavy atom. The topological polar surface area (TPSA) is 91.0 Å². The van der Waals surface area contributed by atoms with E-state index in [0.717, 1.165) is 24.0 Å². The van der Waals surface area contributed by atoms with Crippen LogP contribution < -0.4 is 10.5 Å². The lowest BCUT2D eigenvalue weighted by molar-refractivity contribution is -0.140. The third kappa shape index (κ3) is 8.01. The number of hydrogen-bond donors (Lipinski definition) is 2. The first-order valence-corrected chi connectivity index (χ1v) is 12.8. The minimum atomic E-state index is -2.22.